The van der Waals surface area contributed by atoms with E-state index in [9.17, 15) is 0 Å². The number of nitrogens with one attached hydrogen (secondary N) is 2. The Morgan fingerprint density at radius 3 is 2.81 bits per heavy atom. The number of hydrogen-bond acceptors (Lipinski definition) is 2. The molecular formula is C13H17N3. The molecule has 3 rings (SSSR count). The fourth-order valence-corrected chi connectivity index (χ4v) is 2.37. The first kappa shape index (κ1) is 9.85. The molecule has 1 aliphatic heterocycles. The number of rotatable bonds is 1. The number of aromatic nitrogens is 2. The molecule has 0 unspecified atom stereocenters. The van der Waals surface area contributed by atoms with Crippen LogP contribution in [-0.4, -0.2) is 16.5 Å². The van der Waals surface area contributed by atoms with Gasteiger partial charge in [0.05, 0.1) is 17.1 Å². The Balaban J connectivity index is 2.08. The minimum absolute atomic E-state index is 0.424. The highest BCUT2D eigenvalue weighted by molar-refractivity contribution is 5.77. The average molecular weight is 215 g/mol. The number of hydrogen-bond donors (Lipinski definition) is 2. The van der Waals surface area contributed by atoms with E-state index < -0.39 is 0 Å². The number of H-pyrrole nitrogens is 1. The zero-order valence-corrected chi connectivity index (χ0v) is 9.80. The van der Waals surface area contributed by atoms with Crippen LogP contribution in [0, 0.1) is 13.8 Å². The van der Waals surface area contributed by atoms with E-state index in [-0.39, 0.29) is 0 Å². The van der Waals surface area contributed by atoms with Crippen molar-refractivity contribution in [2.24, 2.45) is 0 Å². The Hall–Kier alpha value is -1.35. The van der Waals surface area contributed by atoms with Gasteiger partial charge in [-0.15, -0.1) is 0 Å². The molecule has 0 spiro atoms. The van der Waals surface area contributed by atoms with E-state index in [0.29, 0.717) is 6.04 Å². The van der Waals surface area contributed by atoms with Crippen molar-refractivity contribution in [3.8, 4) is 0 Å². The molecule has 1 aromatic carbocycles. The number of benzene rings is 1. The molecule has 0 bridgehead atoms. The molecule has 1 atom stereocenters. The lowest BCUT2D eigenvalue weighted by atomic mass is 10.1. The summed E-state index contributed by atoms with van der Waals surface area (Å²) in [6.07, 6.45) is 2.44. The summed E-state index contributed by atoms with van der Waals surface area (Å²) in [4.78, 5) is 8.11. The van der Waals surface area contributed by atoms with Crippen LogP contribution in [0.1, 0.15) is 35.8 Å². The van der Waals surface area contributed by atoms with Gasteiger partial charge in [-0.25, -0.2) is 4.98 Å². The van der Waals surface area contributed by atoms with Gasteiger partial charge in [-0.2, -0.15) is 0 Å². The summed E-state index contributed by atoms with van der Waals surface area (Å²) in [5.41, 5.74) is 4.88. The van der Waals surface area contributed by atoms with E-state index in [1.807, 2.05) is 0 Å². The first-order valence-corrected chi connectivity index (χ1v) is 5.94. The minimum atomic E-state index is 0.424. The first-order chi connectivity index (χ1) is 7.74. The standard InChI is InChI=1S/C13H17N3/c1-8-6-11-12(7-9(8)2)16-13(15-11)10-4-3-5-14-10/h6-7,10,14H,3-5H2,1-2H3,(H,15,16)/t10-/m1/s1. The van der Waals surface area contributed by atoms with Gasteiger partial charge >= 0.3 is 0 Å². The van der Waals surface area contributed by atoms with E-state index in [2.05, 4.69) is 41.3 Å². The van der Waals surface area contributed by atoms with Crippen LogP contribution < -0.4 is 5.32 Å². The van der Waals surface area contributed by atoms with Crippen LogP contribution in [0.4, 0.5) is 0 Å². The van der Waals surface area contributed by atoms with Crippen molar-refractivity contribution in [3.63, 3.8) is 0 Å². The predicted octanol–water partition coefficient (Wildman–Crippen LogP) is 2.60. The molecule has 84 valence electrons. The van der Waals surface area contributed by atoms with Crippen molar-refractivity contribution in [1.29, 1.82) is 0 Å². The smallest absolute Gasteiger partial charge is 0.124 e. The van der Waals surface area contributed by atoms with Crippen LogP contribution in [0.15, 0.2) is 12.1 Å². The molecule has 1 aliphatic rings. The van der Waals surface area contributed by atoms with E-state index >= 15 is 0 Å². The second-order valence-electron chi connectivity index (χ2n) is 4.72. The Morgan fingerprint density at radius 2 is 2.06 bits per heavy atom. The summed E-state index contributed by atoms with van der Waals surface area (Å²) in [7, 11) is 0. The topological polar surface area (TPSA) is 40.7 Å². The van der Waals surface area contributed by atoms with E-state index in [1.165, 1.54) is 24.0 Å². The van der Waals surface area contributed by atoms with Gasteiger partial charge in [0.15, 0.2) is 0 Å². The summed E-state index contributed by atoms with van der Waals surface area (Å²) in [6.45, 7) is 5.39. The molecule has 0 aliphatic carbocycles. The molecule has 1 fully saturated rings. The Kier molecular flexibility index (Phi) is 2.21. The Bertz CT molecular complexity index is 482. The van der Waals surface area contributed by atoms with E-state index in [1.54, 1.807) is 0 Å². The van der Waals surface area contributed by atoms with Gasteiger partial charge in [0.25, 0.3) is 0 Å². The highest BCUT2D eigenvalue weighted by Crippen LogP contribution is 2.24. The van der Waals surface area contributed by atoms with Crippen molar-refractivity contribution in [2.45, 2.75) is 32.7 Å². The summed E-state index contributed by atoms with van der Waals surface area (Å²) in [6, 6.07) is 4.78. The highest BCUT2D eigenvalue weighted by atomic mass is 15.0. The van der Waals surface area contributed by atoms with Gasteiger partial charge in [-0.05, 0) is 56.5 Å². The van der Waals surface area contributed by atoms with Crippen LogP contribution in [0.3, 0.4) is 0 Å². The molecule has 3 heteroatoms. The summed E-state index contributed by atoms with van der Waals surface area (Å²) in [5, 5.41) is 3.47. The molecule has 16 heavy (non-hydrogen) atoms. The molecule has 2 aromatic rings. The van der Waals surface area contributed by atoms with Crippen molar-refractivity contribution in [3.05, 3.63) is 29.1 Å². The van der Waals surface area contributed by atoms with Gasteiger partial charge in [0.2, 0.25) is 0 Å². The summed E-state index contributed by atoms with van der Waals surface area (Å²) < 4.78 is 0. The maximum atomic E-state index is 4.68. The highest BCUT2D eigenvalue weighted by Gasteiger charge is 2.19. The molecule has 0 amide bonds. The number of nitrogens with zero attached hydrogens (tertiary/aromatic N) is 1. The Morgan fingerprint density at radius 1 is 1.25 bits per heavy atom. The van der Waals surface area contributed by atoms with Gasteiger partial charge in [0.1, 0.15) is 5.82 Å². The fourth-order valence-electron chi connectivity index (χ4n) is 2.37. The third-order valence-corrected chi connectivity index (χ3v) is 3.51. The fraction of sp³-hybridized carbons (Fsp3) is 0.462. The normalized spacial score (nSPS) is 20.8. The van der Waals surface area contributed by atoms with E-state index in [0.717, 1.165) is 23.4 Å². The lowest BCUT2D eigenvalue weighted by Crippen LogP contribution is -2.13. The maximum Gasteiger partial charge on any atom is 0.124 e. The SMILES string of the molecule is Cc1cc2nc([C@H]3CCCN3)[nH]c2cc1C. The molecule has 1 saturated heterocycles. The van der Waals surface area contributed by atoms with Gasteiger partial charge < -0.3 is 10.3 Å². The van der Waals surface area contributed by atoms with Crippen LogP contribution in [0.2, 0.25) is 0 Å². The van der Waals surface area contributed by atoms with Gasteiger partial charge in [-0.1, -0.05) is 0 Å². The monoisotopic (exact) mass is 215 g/mol. The third-order valence-electron chi connectivity index (χ3n) is 3.51. The molecule has 2 N–H and O–H groups in total. The first-order valence-electron chi connectivity index (χ1n) is 5.94. The quantitative estimate of drug-likeness (QED) is 0.767. The lowest BCUT2D eigenvalue weighted by Gasteiger charge is -2.04. The Labute approximate surface area is 95.3 Å². The summed E-state index contributed by atoms with van der Waals surface area (Å²) >= 11 is 0. The minimum Gasteiger partial charge on any atom is -0.341 e. The van der Waals surface area contributed by atoms with Crippen molar-refractivity contribution in [2.75, 3.05) is 6.54 Å². The second kappa shape index (κ2) is 3.59. The third kappa shape index (κ3) is 1.52. The van der Waals surface area contributed by atoms with Crippen molar-refractivity contribution in [1.82, 2.24) is 15.3 Å². The maximum absolute atomic E-state index is 4.68. The van der Waals surface area contributed by atoms with Crippen molar-refractivity contribution >= 4 is 11.0 Å². The number of fused-ring (bicyclic) bond motifs is 1. The molecule has 3 nitrogen and oxygen atoms in total. The second-order valence-corrected chi connectivity index (χ2v) is 4.72. The molecular weight excluding hydrogens is 198 g/mol. The zero-order chi connectivity index (χ0) is 11.1. The van der Waals surface area contributed by atoms with Crippen LogP contribution >= 0.6 is 0 Å². The van der Waals surface area contributed by atoms with Crippen molar-refractivity contribution < 1.29 is 0 Å². The van der Waals surface area contributed by atoms with E-state index in [4.69, 9.17) is 0 Å². The predicted molar refractivity (Wildman–Crippen MR) is 65.5 cm³/mol. The molecule has 0 saturated carbocycles. The number of aromatic amines is 1. The van der Waals surface area contributed by atoms with Crippen LogP contribution in [0.5, 0.6) is 0 Å². The molecule has 0 radical (unpaired) electrons. The van der Waals surface area contributed by atoms with Gasteiger partial charge in [0, 0.05) is 0 Å². The van der Waals surface area contributed by atoms with Crippen LogP contribution in [0.25, 0.3) is 11.0 Å². The number of imidazole rings is 1. The summed E-state index contributed by atoms with van der Waals surface area (Å²) in [5.74, 6) is 1.09. The lowest BCUT2D eigenvalue weighted by molar-refractivity contribution is 0.614. The zero-order valence-electron chi connectivity index (χ0n) is 9.80. The average Bonchev–Trinajstić information content (AvgIpc) is 2.86. The van der Waals surface area contributed by atoms with Crippen LogP contribution in [-0.2, 0) is 0 Å². The molecule has 2 heterocycles. The number of aryl methyl sites for hydroxylation is 2. The largest absolute Gasteiger partial charge is 0.341 e. The molecule has 1 aromatic heterocycles. The van der Waals surface area contributed by atoms with Gasteiger partial charge in [-0.3, -0.25) is 0 Å².